The molecule has 2 heterocycles. The van der Waals surface area contributed by atoms with E-state index in [-0.39, 0.29) is 0 Å². The third-order valence-electron chi connectivity index (χ3n) is 3.56. The van der Waals surface area contributed by atoms with Gasteiger partial charge in [0.15, 0.2) is 5.96 Å². The van der Waals surface area contributed by atoms with Crippen LogP contribution in [0.2, 0.25) is 0 Å². The molecule has 2 N–H and O–H groups in total. The van der Waals surface area contributed by atoms with Crippen molar-refractivity contribution in [2.45, 2.75) is 26.9 Å². The lowest BCUT2D eigenvalue weighted by molar-refractivity contribution is 0.813. The molecule has 3 aromatic rings. The van der Waals surface area contributed by atoms with Crippen LogP contribution in [0.4, 0.5) is 0 Å². The first-order valence-corrected chi connectivity index (χ1v) is 10.0. The van der Waals surface area contributed by atoms with Gasteiger partial charge in [-0.1, -0.05) is 30.3 Å². The van der Waals surface area contributed by atoms with Gasteiger partial charge in [-0.2, -0.15) is 0 Å². The predicted octanol–water partition coefficient (Wildman–Crippen LogP) is 4.44. The summed E-state index contributed by atoms with van der Waals surface area (Å²) in [5.41, 5.74) is 2.18. The zero-order chi connectivity index (χ0) is 17.5. The minimum absolute atomic E-state index is 0.673. The number of guanidine groups is 1. The van der Waals surface area contributed by atoms with Gasteiger partial charge in [0.05, 0.1) is 18.8 Å². The summed E-state index contributed by atoms with van der Waals surface area (Å²) in [7, 11) is 0. The molecule has 130 valence electrons. The van der Waals surface area contributed by atoms with E-state index in [1.807, 2.05) is 18.2 Å². The van der Waals surface area contributed by atoms with Gasteiger partial charge in [0.2, 0.25) is 0 Å². The van der Waals surface area contributed by atoms with Crippen molar-refractivity contribution in [1.29, 1.82) is 0 Å². The molecule has 0 saturated carbocycles. The molecule has 3 rings (SSSR count). The van der Waals surface area contributed by atoms with E-state index in [2.05, 4.69) is 59.1 Å². The smallest absolute Gasteiger partial charge is 0.191 e. The molecule has 0 spiro atoms. The first-order chi connectivity index (χ1) is 12.2. The Kier molecular flexibility index (Phi) is 6.19. The molecular weight excluding hydrogens is 348 g/mol. The number of aliphatic imine (C=N–C) groups is 1. The molecule has 1 aromatic carbocycles. The lowest BCUT2D eigenvalue weighted by Gasteiger charge is -2.09. The SMILES string of the molecule is CCNC(=NCc1ccc(C)s1)NCc1nc(-c2ccccc2)cs1. The third kappa shape index (κ3) is 5.14. The fourth-order valence-electron chi connectivity index (χ4n) is 2.36. The Balaban J connectivity index is 1.60. The first-order valence-electron chi connectivity index (χ1n) is 8.32. The van der Waals surface area contributed by atoms with Crippen molar-refractivity contribution in [2.24, 2.45) is 4.99 Å². The van der Waals surface area contributed by atoms with Gasteiger partial charge >= 0.3 is 0 Å². The second-order valence-electron chi connectivity index (χ2n) is 5.55. The Bertz CT molecular complexity index is 821. The fraction of sp³-hybridized carbons (Fsp3) is 0.263. The van der Waals surface area contributed by atoms with Crippen LogP contribution in [-0.2, 0) is 13.1 Å². The number of rotatable bonds is 6. The van der Waals surface area contributed by atoms with E-state index in [1.165, 1.54) is 9.75 Å². The van der Waals surface area contributed by atoms with Gasteiger partial charge in [-0.05, 0) is 26.0 Å². The maximum Gasteiger partial charge on any atom is 0.191 e. The maximum atomic E-state index is 4.71. The molecule has 25 heavy (non-hydrogen) atoms. The number of hydrogen-bond donors (Lipinski definition) is 2. The maximum absolute atomic E-state index is 4.71. The van der Waals surface area contributed by atoms with Crippen LogP contribution >= 0.6 is 22.7 Å². The highest BCUT2D eigenvalue weighted by molar-refractivity contribution is 7.11. The van der Waals surface area contributed by atoms with Crippen molar-refractivity contribution in [3.63, 3.8) is 0 Å². The second-order valence-corrected chi connectivity index (χ2v) is 7.87. The zero-order valence-corrected chi connectivity index (χ0v) is 16.1. The van der Waals surface area contributed by atoms with Crippen LogP contribution in [0.3, 0.4) is 0 Å². The van der Waals surface area contributed by atoms with Crippen LogP contribution in [-0.4, -0.2) is 17.5 Å². The van der Waals surface area contributed by atoms with Crippen molar-refractivity contribution in [3.8, 4) is 11.3 Å². The normalized spacial score (nSPS) is 11.5. The Morgan fingerprint density at radius 1 is 1.12 bits per heavy atom. The standard InChI is InChI=1S/C19H22N4S2/c1-3-20-19(21-11-16-10-9-14(2)25-16)22-12-18-23-17(13-24-18)15-7-5-4-6-8-15/h4-10,13H,3,11-12H2,1-2H3,(H2,20,21,22). The summed E-state index contributed by atoms with van der Waals surface area (Å²) in [5.74, 6) is 0.824. The van der Waals surface area contributed by atoms with Gasteiger partial charge < -0.3 is 10.6 Å². The number of nitrogens with one attached hydrogen (secondary N) is 2. The Morgan fingerprint density at radius 2 is 1.96 bits per heavy atom. The molecule has 0 unspecified atom stereocenters. The summed E-state index contributed by atoms with van der Waals surface area (Å²) in [6.45, 7) is 6.40. The van der Waals surface area contributed by atoms with E-state index < -0.39 is 0 Å². The second kappa shape index (κ2) is 8.78. The molecule has 2 aromatic heterocycles. The highest BCUT2D eigenvalue weighted by Crippen LogP contribution is 2.21. The van der Waals surface area contributed by atoms with Crippen molar-refractivity contribution in [3.05, 3.63) is 62.6 Å². The molecule has 0 saturated heterocycles. The van der Waals surface area contributed by atoms with Crippen LogP contribution in [0.1, 0.15) is 21.7 Å². The van der Waals surface area contributed by atoms with Crippen molar-refractivity contribution < 1.29 is 0 Å². The summed E-state index contributed by atoms with van der Waals surface area (Å²) in [4.78, 5) is 12.0. The minimum Gasteiger partial charge on any atom is -0.357 e. The number of benzene rings is 1. The van der Waals surface area contributed by atoms with Gasteiger partial charge in [-0.25, -0.2) is 9.98 Å². The first kappa shape index (κ1) is 17.6. The van der Waals surface area contributed by atoms with Crippen LogP contribution in [0.15, 0.2) is 52.8 Å². The summed E-state index contributed by atoms with van der Waals surface area (Å²) in [5, 5.41) is 9.81. The third-order valence-corrected chi connectivity index (χ3v) is 5.40. The van der Waals surface area contributed by atoms with E-state index in [9.17, 15) is 0 Å². The van der Waals surface area contributed by atoms with Gasteiger partial charge in [0.25, 0.3) is 0 Å². The molecule has 0 aliphatic rings. The molecule has 0 aliphatic carbocycles. The average molecular weight is 371 g/mol. The number of hydrogen-bond acceptors (Lipinski definition) is 4. The topological polar surface area (TPSA) is 49.3 Å². The molecule has 4 nitrogen and oxygen atoms in total. The molecule has 0 amide bonds. The summed E-state index contributed by atoms with van der Waals surface area (Å²) in [6.07, 6.45) is 0. The average Bonchev–Trinajstić information content (AvgIpc) is 3.27. The predicted molar refractivity (Wildman–Crippen MR) is 108 cm³/mol. The highest BCUT2D eigenvalue weighted by Gasteiger charge is 2.05. The number of thiophene rings is 1. The molecule has 0 fully saturated rings. The van der Waals surface area contributed by atoms with Crippen molar-refractivity contribution in [2.75, 3.05) is 6.54 Å². The number of thiazole rings is 1. The zero-order valence-electron chi connectivity index (χ0n) is 14.5. The fourth-order valence-corrected chi connectivity index (χ4v) is 3.92. The molecule has 0 atom stereocenters. The van der Waals surface area contributed by atoms with Crippen LogP contribution < -0.4 is 10.6 Å². The van der Waals surface area contributed by atoms with E-state index >= 15 is 0 Å². The van der Waals surface area contributed by atoms with E-state index in [1.54, 1.807) is 22.7 Å². The van der Waals surface area contributed by atoms with Crippen LogP contribution in [0.5, 0.6) is 0 Å². The lowest BCUT2D eigenvalue weighted by atomic mass is 10.2. The lowest BCUT2D eigenvalue weighted by Crippen LogP contribution is -2.36. The Morgan fingerprint density at radius 3 is 2.68 bits per heavy atom. The summed E-state index contributed by atoms with van der Waals surface area (Å²) >= 11 is 3.46. The van der Waals surface area contributed by atoms with Gasteiger partial charge in [0, 0.05) is 27.2 Å². The van der Waals surface area contributed by atoms with Crippen molar-refractivity contribution >= 4 is 28.6 Å². The molecule has 6 heteroatoms. The van der Waals surface area contributed by atoms with E-state index in [4.69, 9.17) is 4.98 Å². The highest BCUT2D eigenvalue weighted by atomic mass is 32.1. The van der Waals surface area contributed by atoms with Gasteiger partial charge in [0.1, 0.15) is 5.01 Å². The van der Waals surface area contributed by atoms with E-state index in [0.717, 1.165) is 28.8 Å². The van der Waals surface area contributed by atoms with Crippen LogP contribution in [0, 0.1) is 6.92 Å². The molecule has 0 bridgehead atoms. The molecular formula is C19H22N4S2. The van der Waals surface area contributed by atoms with Gasteiger partial charge in [-0.15, -0.1) is 22.7 Å². The summed E-state index contributed by atoms with van der Waals surface area (Å²) < 4.78 is 0. The summed E-state index contributed by atoms with van der Waals surface area (Å²) in [6, 6.07) is 14.5. The monoisotopic (exact) mass is 370 g/mol. The molecule has 0 aliphatic heterocycles. The minimum atomic E-state index is 0.673. The Labute approximate surface area is 156 Å². The van der Waals surface area contributed by atoms with E-state index in [0.29, 0.717) is 13.1 Å². The number of aryl methyl sites for hydroxylation is 1. The Hall–Kier alpha value is -2.18. The van der Waals surface area contributed by atoms with Crippen LogP contribution in [0.25, 0.3) is 11.3 Å². The number of aromatic nitrogens is 1. The quantitative estimate of drug-likeness (QED) is 0.498. The largest absolute Gasteiger partial charge is 0.357 e. The molecule has 0 radical (unpaired) electrons. The number of nitrogens with zero attached hydrogens (tertiary/aromatic N) is 2. The van der Waals surface area contributed by atoms with Gasteiger partial charge in [-0.3, -0.25) is 0 Å². The van der Waals surface area contributed by atoms with Crippen molar-refractivity contribution in [1.82, 2.24) is 15.6 Å².